The van der Waals surface area contributed by atoms with E-state index >= 15 is 0 Å². The molecule has 282 valence electrons. The van der Waals surface area contributed by atoms with Crippen molar-refractivity contribution in [2.45, 2.75) is 168 Å². The molecular formula is C50H72N2. The summed E-state index contributed by atoms with van der Waals surface area (Å²) in [6.45, 7) is 11.4. The molecule has 2 atom stereocenters. The molecule has 4 aromatic carbocycles. The molecule has 2 heteroatoms. The predicted octanol–water partition coefficient (Wildman–Crippen LogP) is 14.9. The summed E-state index contributed by atoms with van der Waals surface area (Å²) in [5, 5.41) is 0. The molecule has 52 heavy (non-hydrogen) atoms. The zero-order valence-electron chi connectivity index (χ0n) is 33.7. The largest absolute Gasteiger partial charge is 0.399 e. The van der Waals surface area contributed by atoms with Crippen LogP contribution in [-0.4, -0.2) is 0 Å². The minimum Gasteiger partial charge on any atom is -0.399 e. The molecule has 0 fully saturated rings. The van der Waals surface area contributed by atoms with Crippen LogP contribution in [-0.2, 0) is 0 Å². The highest BCUT2D eigenvalue weighted by Crippen LogP contribution is 2.38. The van der Waals surface area contributed by atoms with Crippen LogP contribution in [0.25, 0.3) is 0 Å². The molecule has 0 spiro atoms. The van der Waals surface area contributed by atoms with Crippen LogP contribution in [0, 0.1) is 13.8 Å². The maximum absolute atomic E-state index is 6.19. The van der Waals surface area contributed by atoms with Gasteiger partial charge < -0.3 is 11.5 Å². The van der Waals surface area contributed by atoms with E-state index in [1.807, 2.05) is 0 Å². The number of anilines is 2. The Balaban J connectivity index is 1.52. The lowest BCUT2D eigenvalue weighted by Gasteiger charge is -2.24. The van der Waals surface area contributed by atoms with Gasteiger partial charge in [-0.3, -0.25) is 0 Å². The minimum atomic E-state index is 0.396. The van der Waals surface area contributed by atoms with Crippen LogP contribution < -0.4 is 11.5 Å². The number of nitrogen functional groups attached to an aromatic ring is 2. The molecule has 0 aliphatic rings. The Labute approximate surface area is 319 Å². The zero-order chi connectivity index (χ0) is 37.1. The first-order valence-electron chi connectivity index (χ1n) is 21.3. The summed E-state index contributed by atoms with van der Waals surface area (Å²) in [5.41, 5.74) is 25.3. The van der Waals surface area contributed by atoms with Crippen LogP contribution in [0.4, 0.5) is 11.4 Å². The highest BCUT2D eigenvalue weighted by molar-refractivity contribution is 5.50. The zero-order valence-corrected chi connectivity index (χ0v) is 33.7. The third-order valence-corrected chi connectivity index (χ3v) is 11.6. The van der Waals surface area contributed by atoms with Gasteiger partial charge >= 0.3 is 0 Å². The number of benzene rings is 4. The van der Waals surface area contributed by atoms with Crippen molar-refractivity contribution >= 4 is 11.4 Å². The van der Waals surface area contributed by atoms with Crippen molar-refractivity contribution in [2.24, 2.45) is 0 Å². The van der Waals surface area contributed by atoms with Crippen molar-refractivity contribution in [2.75, 3.05) is 11.5 Å². The third-order valence-electron chi connectivity index (χ3n) is 11.6. The normalized spacial score (nSPS) is 13.2. The first kappa shape index (κ1) is 41.2. The van der Waals surface area contributed by atoms with Crippen molar-refractivity contribution in [3.05, 3.63) is 129 Å². The van der Waals surface area contributed by atoms with Crippen LogP contribution in [0.3, 0.4) is 0 Å². The second kappa shape index (κ2) is 22.5. The Bertz CT molecular complexity index is 1450. The number of nitrogens with two attached hydrogens (primary N) is 2. The monoisotopic (exact) mass is 701 g/mol. The van der Waals surface area contributed by atoms with Gasteiger partial charge in [0.15, 0.2) is 0 Å². The molecule has 2 nitrogen and oxygen atoms in total. The van der Waals surface area contributed by atoms with E-state index in [-0.39, 0.29) is 0 Å². The Morgan fingerprint density at radius 2 is 0.692 bits per heavy atom. The molecular weight excluding hydrogens is 629 g/mol. The Morgan fingerprint density at radius 1 is 0.365 bits per heavy atom. The SMILES string of the molecule is CCCCCCCCCC(c1ccc(C(CCC)c2ccc(C(CCCCCCCCC)c3ccc(N)cc3C)cc2)cc1)c1ccc(N)cc1C. The highest BCUT2D eigenvalue weighted by Gasteiger charge is 2.21. The Morgan fingerprint density at radius 3 is 1.02 bits per heavy atom. The van der Waals surface area contributed by atoms with Crippen molar-refractivity contribution < 1.29 is 0 Å². The summed E-state index contributed by atoms with van der Waals surface area (Å²) in [7, 11) is 0. The average Bonchev–Trinajstić information content (AvgIpc) is 3.14. The van der Waals surface area contributed by atoms with Crippen LogP contribution in [0.5, 0.6) is 0 Å². The fourth-order valence-corrected chi connectivity index (χ4v) is 8.53. The standard InChI is InChI=1S/C50H72N2/c1-6-9-11-13-15-17-19-22-49(46-34-32-44(51)36-38(46)4)42-28-24-40(25-29-42)48(21-8-3)41-26-30-43(31-27-41)50(23-20-18-16-14-12-10-7-2)47-35-33-45(52)37-39(47)5/h24-37,48-50H,6-23,51-52H2,1-5H3. The molecule has 0 radical (unpaired) electrons. The van der Waals surface area contributed by atoms with E-state index in [4.69, 9.17) is 11.5 Å². The van der Waals surface area contributed by atoms with Gasteiger partial charge in [0.2, 0.25) is 0 Å². The quantitative estimate of drug-likeness (QED) is 0.0565. The lowest BCUT2D eigenvalue weighted by atomic mass is 9.81. The maximum atomic E-state index is 6.19. The summed E-state index contributed by atoms with van der Waals surface area (Å²) < 4.78 is 0. The number of hydrogen-bond acceptors (Lipinski definition) is 2. The van der Waals surface area contributed by atoms with Gasteiger partial charge in [-0.15, -0.1) is 0 Å². The van der Waals surface area contributed by atoms with Crippen molar-refractivity contribution in [1.82, 2.24) is 0 Å². The second-order valence-electron chi connectivity index (χ2n) is 15.8. The molecule has 0 bridgehead atoms. The van der Waals surface area contributed by atoms with Crippen molar-refractivity contribution in [3.8, 4) is 0 Å². The molecule has 0 aliphatic heterocycles. The number of aryl methyl sites for hydroxylation is 2. The van der Waals surface area contributed by atoms with Gasteiger partial charge in [0, 0.05) is 29.1 Å². The van der Waals surface area contributed by atoms with Gasteiger partial charge in [-0.25, -0.2) is 0 Å². The number of hydrogen-bond donors (Lipinski definition) is 2. The summed E-state index contributed by atoms with van der Waals surface area (Å²) in [5.74, 6) is 1.20. The molecule has 0 saturated heterocycles. The summed E-state index contributed by atoms with van der Waals surface area (Å²) in [6, 6.07) is 32.4. The first-order chi connectivity index (χ1) is 25.4. The first-order valence-corrected chi connectivity index (χ1v) is 21.3. The lowest BCUT2D eigenvalue weighted by molar-refractivity contribution is 0.558. The minimum absolute atomic E-state index is 0.396. The Hall–Kier alpha value is -3.52. The van der Waals surface area contributed by atoms with Gasteiger partial charge in [0.25, 0.3) is 0 Å². The summed E-state index contributed by atoms with van der Waals surface area (Å²) in [6.07, 6.45) is 23.4. The molecule has 4 N–H and O–H groups in total. The van der Waals surface area contributed by atoms with Crippen molar-refractivity contribution in [3.63, 3.8) is 0 Å². The smallest absolute Gasteiger partial charge is 0.0316 e. The third kappa shape index (κ3) is 12.6. The van der Waals surface area contributed by atoms with Gasteiger partial charge in [-0.05, 0) is 102 Å². The second-order valence-corrected chi connectivity index (χ2v) is 15.8. The molecule has 4 rings (SSSR count). The fourth-order valence-electron chi connectivity index (χ4n) is 8.53. The molecule has 0 saturated carbocycles. The van der Waals surface area contributed by atoms with Gasteiger partial charge in [0.05, 0.1) is 0 Å². The average molecular weight is 701 g/mol. The maximum Gasteiger partial charge on any atom is 0.0316 e. The van der Waals surface area contributed by atoms with E-state index in [0.717, 1.165) is 24.2 Å². The predicted molar refractivity (Wildman–Crippen MR) is 230 cm³/mol. The van der Waals surface area contributed by atoms with Crippen molar-refractivity contribution in [1.29, 1.82) is 0 Å². The van der Waals surface area contributed by atoms with Gasteiger partial charge in [-0.1, -0.05) is 178 Å². The van der Waals surface area contributed by atoms with Crippen LogP contribution in [0.2, 0.25) is 0 Å². The highest BCUT2D eigenvalue weighted by atomic mass is 14.5. The number of unbranched alkanes of at least 4 members (excludes halogenated alkanes) is 12. The topological polar surface area (TPSA) is 52.0 Å². The van der Waals surface area contributed by atoms with E-state index in [1.165, 1.54) is 147 Å². The molecule has 0 aromatic heterocycles. The van der Waals surface area contributed by atoms with E-state index in [2.05, 4.69) is 120 Å². The van der Waals surface area contributed by atoms with E-state index in [0.29, 0.717) is 17.8 Å². The molecule has 0 heterocycles. The molecule has 0 amide bonds. The lowest BCUT2D eigenvalue weighted by Crippen LogP contribution is -2.07. The summed E-state index contributed by atoms with van der Waals surface area (Å²) in [4.78, 5) is 0. The summed E-state index contributed by atoms with van der Waals surface area (Å²) >= 11 is 0. The molecule has 4 aromatic rings. The van der Waals surface area contributed by atoms with Gasteiger partial charge in [0.1, 0.15) is 0 Å². The van der Waals surface area contributed by atoms with E-state index < -0.39 is 0 Å². The van der Waals surface area contributed by atoms with Crippen LogP contribution in [0.1, 0.15) is 199 Å². The number of rotatable bonds is 24. The van der Waals surface area contributed by atoms with E-state index in [1.54, 1.807) is 0 Å². The Kier molecular flexibility index (Phi) is 17.9. The van der Waals surface area contributed by atoms with E-state index in [9.17, 15) is 0 Å². The fraction of sp³-hybridized carbons (Fsp3) is 0.520. The molecule has 2 unspecified atom stereocenters. The van der Waals surface area contributed by atoms with Crippen LogP contribution >= 0.6 is 0 Å². The van der Waals surface area contributed by atoms with Gasteiger partial charge in [-0.2, -0.15) is 0 Å². The van der Waals surface area contributed by atoms with Crippen LogP contribution in [0.15, 0.2) is 84.9 Å². The molecule has 0 aliphatic carbocycles.